The first-order chi connectivity index (χ1) is 13.3. The lowest BCUT2D eigenvalue weighted by atomic mass is 9.94. The number of likely N-dealkylation sites (tertiary alicyclic amines) is 1. The van der Waals surface area contributed by atoms with Gasteiger partial charge in [-0.15, -0.1) is 0 Å². The Balaban J connectivity index is 1.56. The number of likely N-dealkylation sites (N-methyl/N-ethyl adjacent to an activating group) is 1. The fraction of sp³-hybridized carbons (Fsp3) is 0.650. The Morgan fingerprint density at radius 2 is 1.89 bits per heavy atom. The van der Waals surface area contributed by atoms with Crippen LogP contribution in [-0.2, 0) is 4.79 Å². The molecule has 1 aromatic heterocycles. The third-order valence-corrected chi connectivity index (χ3v) is 5.63. The number of carbonyl (C=O) groups is 2. The third-order valence-electron chi connectivity index (χ3n) is 5.63. The summed E-state index contributed by atoms with van der Waals surface area (Å²) in [6.07, 6.45) is 3.58. The Morgan fingerprint density at radius 1 is 1.14 bits per heavy atom. The van der Waals surface area contributed by atoms with E-state index >= 15 is 0 Å². The number of hydrogen-bond donors (Lipinski definition) is 2. The van der Waals surface area contributed by atoms with Gasteiger partial charge in [0.25, 0.3) is 5.91 Å². The van der Waals surface area contributed by atoms with E-state index in [1.54, 1.807) is 17.0 Å². The lowest BCUT2D eigenvalue weighted by Crippen LogP contribution is -2.51. The van der Waals surface area contributed by atoms with Gasteiger partial charge in [-0.25, -0.2) is 4.98 Å². The second-order valence-corrected chi connectivity index (χ2v) is 8.06. The number of nitrogens with zero attached hydrogens (tertiary/aromatic N) is 4. The van der Waals surface area contributed by atoms with Crippen molar-refractivity contribution in [2.75, 3.05) is 58.2 Å². The summed E-state index contributed by atoms with van der Waals surface area (Å²) < 4.78 is 0. The first-order valence-corrected chi connectivity index (χ1v) is 10.0. The highest BCUT2D eigenvalue weighted by atomic mass is 16.3. The lowest BCUT2D eigenvalue weighted by molar-refractivity contribution is -0.114. The van der Waals surface area contributed by atoms with Gasteiger partial charge in [-0.05, 0) is 38.4 Å². The second-order valence-electron chi connectivity index (χ2n) is 8.06. The van der Waals surface area contributed by atoms with Crippen molar-refractivity contribution in [3.8, 4) is 0 Å². The molecule has 8 nitrogen and oxygen atoms in total. The standard InChI is InChI=1S/C20H31N5O3/c1-16(26)22-18-5-4-17(14-21-18)19(27)25-8-3-6-20(28,7-9-25)15-24-12-10-23(2)11-13-24/h4-5,14,28H,3,6-13,15H2,1-2H3,(H,21,22,26)/t20-/m1/s1. The Bertz CT molecular complexity index is 688. The molecular weight excluding hydrogens is 358 g/mol. The predicted molar refractivity (Wildman–Crippen MR) is 107 cm³/mol. The summed E-state index contributed by atoms with van der Waals surface area (Å²) in [6, 6.07) is 3.32. The molecule has 0 radical (unpaired) electrons. The fourth-order valence-corrected chi connectivity index (χ4v) is 3.92. The Hall–Kier alpha value is -2.03. The van der Waals surface area contributed by atoms with Crippen LogP contribution < -0.4 is 5.32 Å². The van der Waals surface area contributed by atoms with E-state index in [9.17, 15) is 14.7 Å². The number of aromatic nitrogens is 1. The van der Waals surface area contributed by atoms with Gasteiger partial charge in [0.15, 0.2) is 0 Å². The molecule has 3 heterocycles. The van der Waals surface area contributed by atoms with Gasteiger partial charge < -0.3 is 20.2 Å². The number of carbonyl (C=O) groups excluding carboxylic acids is 2. The highest BCUT2D eigenvalue weighted by Crippen LogP contribution is 2.25. The van der Waals surface area contributed by atoms with E-state index < -0.39 is 5.60 Å². The summed E-state index contributed by atoms with van der Waals surface area (Å²) in [5.41, 5.74) is -0.239. The van der Waals surface area contributed by atoms with Crippen LogP contribution in [0, 0.1) is 0 Å². The van der Waals surface area contributed by atoms with Gasteiger partial charge in [0, 0.05) is 58.9 Å². The van der Waals surface area contributed by atoms with Gasteiger partial charge in [-0.2, -0.15) is 0 Å². The SMILES string of the molecule is CC(=O)Nc1ccc(C(=O)N2CCC[C@](O)(CN3CCN(C)CC3)CC2)cn1. The molecule has 2 aliphatic heterocycles. The molecule has 0 aromatic carbocycles. The molecule has 0 saturated carbocycles. The van der Waals surface area contributed by atoms with Crippen LogP contribution in [0.2, 0.25) is 0 Å². The molecule has 2 amide bonds. The van der Waals surface area contributed by atoms with Gasteiger partial charge in [0.1, 0.15) is 5.82 Å². The number of nitrogens with one attached hydrogen (secondary N) is 1. The molecule has 2 N–H and O–H groups in total. The minimum absolute atomic E-state index is 0.0780. The second kappa shape index (κ2) is 8.98. The first-order valence-electron chi connectivity index (χ1n) is 10.0. The van der Waals surface area contributed by atoms with Gasteiger partial charge in [0.05, 0.1) is 11.2 Å². The molecule has 3 rings (SSSR count). The van der Waals surface area contributed by atoms with E-state index in [2.05, 4.69) is 27.1 Å². The van der Waals surface area contributed by atoms with Crippen LogP contribution in [-0.4, -0.2) is 95.1 Å². The maximum atomic E-state index is 12.8. The zero-order valence-electron chi connectivity index (χ0n) is 16.9. The fourth-order valence-electron chi connectivity index (χ4n) is 3.92. The normalized spacial score (nSPS) is 24.6. The quantitative estimate of drug-likeness (QED) is 0.786. The summed E-state index contributed by atoms with van der Waals surface area (Å²) in [4.78, 5) is 34.5. The largest absolute Gasteiger partial charge is 0.388 e. The average Bonchev–Trinajstić information content (AvgIpc) is 2.85. The number of pyridine rings is 1. The molecule has 0 unspecified atom stereocenters. The molecular formula is C20H31N5O3. The van der Waals surface area contributed by atoms with Crippen LogP contribution in [0.1, 0.15) is 36.5 Å². The molecule has 0 aliphatic carbocycles. The van der Waals surface area contributed by atoms with Crippen molar-refractivity contribution in [2.24, 2.45) is 0 Å². The van der Waals surface area contributed by atoms with Crippen molar-refractivity contribution in [2.45, 2.75) is 31.8 Å². The molecule has 0 spiro atoms. The summed E-state index contributed by atoms with van der Waals surface area (Å²) in [7, 11) is 2.12. The van der Waals surface area contributed by atoms with Crippen LogP contribution >= 0.6 is 0 Å². The number of β-amino-alcohol motifs (C(OH)–C–C–N with tert-alkyl or cyclic N) is 1. The highest BCUT2D eigenvalue weighted by molar-refractivity contribution is 5.94. The Morgan fingerprint density at radius 3 is 2.54 bits per heavy atom. The van der Waals surface area contributed by atoms with Crippen molar-refractivity contribution >= 4 is 17.6 Å². The van der Waals surface area contributed by atoms with Gasteiger partial charge in [-0.3, -0.25) is 14.5 Å². The van der Waals surface area contributed by atoms with Gasteiger partial charge in [0.2, 0.25) is 5.91 Å². The lowest BCUT2D eigenvalue weighted by Gasteiger charge is -2.38. The van der Waals surface area contributed by atoms with Crippen LogP contribution in [0.5, 0.6) is 0 Å². The summed E-state index contributed by atoms with van der Waals surface area (Å²) in [6.45, 7) is 7.29. The Labute approximate surface area is 166 Å². The molecule has 28 heavy (non-hydrogen) atoms. The Kier molecular flexibility index (Phi) is 6.64. The van der Waals surface area contributed by atoms with Crippen molar-refractivity contribution in [3.05, 3.63) is 23.9 Å². The molecule has 154 valence electrons. The third kappa shape index (κ3) is 5.50. The maximum Gasteiger partial charge on any atom is 0.255 e. The summed E-state index contributed by atoms with van der Waals surface area (Å²) in [5.74, 6) is 0.158. The minimum Gasteiger partial charge on any atom is -0.388 e. The summed E-state index contributed by atoms with van der Waals surface area (Å²) >= 11 is 0. The number of amides is 2. The first kappa shape index (κ1) is 20.7. The van der Waals surface area contributed by atoms with Gasteiger partial charge >= 0.3 is 0 Å². The zero-order chi connectivity index (χ0) is 20.1. The number of aliphatic hydroxyl groups is 1. The van der Waals surface area contributed by atoms with E-state index in [4.69, 9.17) is 0 Å². The van der Waals surface area contributed by atoms with Crippen molar-refractivity contribution in [1.82, 2.24) is 19.7 Å². The molecule has 2 aliphatic rings. The topological polar surface area (TPSA) is 89.0 Å². The van der Waals surface area contributed by atoms with Crippen LogP contribution in [0.4, 0.5) is 5.82 Å². The molecule has 2 fully saturated rings. The molecule has 2 saturated heterocycles. The van der Waals surface area contributed by atoms with Crippen LogP contribution in [0.3, 0.4) is 0 Å². The number of anilines is 1. The zero-order valence-corrected chi connectivity index (χ0v) is 16.9. The number of hydrogen-bond acceptors (Lipinski definition) is 6. The smallest absolute Gasteiger partial charge is 0.255 e. The number of rotatable bonds is 4. The van der Waals surface area contributed by atoms with Crippen molar-refractivity contribution in [3.63, 3.8) is 0 Å². The van der Waals surface area contributed by atoms with E-state index in [-0.39, 0.29) is 11.8 Å². The van der Waals surface area contributed by atoms with Crippen molar-refractivity contribution < 1.29 is 14.7 Å². The monoisotopic (exact) mass is 389 g/mol. The average molecular weight is 390 g/mol. The number of piperazine rings is 1. The highest BCUT2D eigenvalue weighted by Gasteiger charge is 2.34. The van der Waals surface area contributed by atoms with Crippen LogP contribution in [0.25, 0.3) is 0 Å². The van der Waals surface area contributed by atoms with E-state index in [1.165, 1.54) is 13.1 Å². The minimum atomic E-state index is -0.738. The van der Waals surface area contributed by atoms with E-state index in [0.717, 1.165) is 32.6 Å². The molecule has 1 aromatic rings. The summed E-state index contributed by atoms with van der Waals surface area (Å²) in [5, 5.41) is 13.7. The molecule has 8 heteroatoms. The van der Waals surface area contributed by atoms with Crippen LogP contribution in [0.15, 0.2) is 18.3 Å². The molecule has 0 bridgehead atoms. The van der Waals surface area contributed by atoms with Crippen molar-refractivity contribution in [1.29, 1.82) is 0 Å². The molecule has 1 atom stereocenters. The van der Waals surface area contributed by atoms with E-state index in [1.807, 2.05) is 0 Å². The van der Waals surface area contributed by atoms with E-state index in [0.29, 0.717) is 43.9 Å². The maximum absolute atomic E-state index is 12.8. The van der Waals surface area contributed by atoms with Gasteiger partial charge in [-0.1, -0.05) is 0 Å². The predicted octanol–water partition coefficient (Wildman–Crippen LogP) is 0.645.